The molecule has 0 saturated carbocycles. The molecule has 1 heterocycles. The zero-order valence-electron chi connectivity index (χ0n) is 14.3. The van der Waals surface area contributed by atoms with Gasteiger partial charge in [-0.05, 0) is 19.1 Å². The minimum absolute atomic E-state index is 0. The summed E-state index contributed by atoms with van der Waals surface area (Å²) in [6, 6.07) is 5.77. The maximum atomic E-state index is 11.8. The van der Waals surface area contributed by atoms with Crippen LogP contribution in [-0.4, -0.2) is 36.5 Å². The molecule has 0 aromatic carbocycles. The summed E-state index contributed by atoms with van der Waals surface area (Å²) >= 11 is 0. The number of nitrogens with zero attached hydrogens (tertiary/aromatic N) is 2. The maximum absolute atomic E-state index is 11.8. The van der Waals surface area contributed by atoms with Gasteiger partial charge in [0.25, 0.3) is 0 Å². The van der Waals surface area contributed by atoms with E-state index in [1.807, 2.05) is 45.9 Å². The van der Waals surface area contributed by atoms with E-state index in [0.717, 1.165) is 18.2 Å². The van der Waals surface area contributed by atoms with Crippen molar-refractivity contribution in [1.82, 2.24) is 20.9 Å². The zero-order chi connectivity index (χ0) is 16.4. The minimum atomic E-state index is -0.364. The lowest BCUT2D eigenvalue weighted by Gasteiger charge is -2.18. The predicted octanol–water partition coefficient (Wildman–Crippen LogP) is 1.92. The number of halogens is 1. The number of aliphatic imine (C=N–C) groups is 1. The Hall–Kier alpha value is -1.38. The first-order valence-corrected chi connectivity index (χ1v) is 7.64. The van der Waals surface area contributed by atoms with Crippen LogP contribution < -0.4 is 16.0 Å². The molecule has 1 amide bonds. The molecule has 0 radical (unpaired) electrons. The van der Waals surface area contributed by atoms with Gasteiger partial charge in [0.15, 0.2) is 5.96 Å². The quantitative estimate of drug-likeness (QED) is 0.277. The molecule has 0 atom stereocenters. The molecule has 23 heavy (non-hydrogen) atoms. The Morgan fingerprint density at radius 3 is 2.43 bits per heavy atom. The number of carbonyl (C=O) groups is 1. The molecule has 0 unspecified atom stereocenters. The summed E-state index contributed by atoms with van der Waals surface area (Å²) in [5, 5.41) is 9.26. The Labute approximate surface area is 156 Å². The second-order valence-electron chi connectivity index (χ2n) is 5.95. The molecule has 0 bridgehead atoms. The summed E-state index contributed by atoms with van der Waals surface area (Å²) in [4.78, 5) is 20.5. The van der Waals surface area contributed by atoms with E-state index in [4.69, 9.17) is 0 Å². The summed E-state index contributed by atoms with van der Waals surface area (Å²) in [5.41, 5.74) is 0.554. The van der Waals surface area contributed by atoms with Crippen molar-refractivity contribution in [3.8, 4) is 0 Å². The highest BCUT2D eigenvalue weighted by atomic mass is 127. The number of aromatic nitrogens is 1. The molecule has 0 aliphatic carbocycles. The molecule has 1 aromatic rings. The first-order chi connectivity index (χ1) is 10.4. The minimum Gasteiger partial charge on any atom is -0.357 e. The number of nitrogens with one attached hydrogen (secondary N) is 3. The predicted molar refractivity (Wildman–Crippen MR) is 105 cm³/mol. The molecule has 7 heteroatoms. The van der Waals surface area contributed by atoms with Gasteiger partial charge in [0, 0.05) is 31.2 Å². The molecule has 0 spiro atoms. The smallest absolute Gasteiger partial charge is 0.225 e. The molecule has 3 N–H and O–H groups in total. The van der Waals surface area contributed by atoms with Crippen LogP contribution in [0.15, 0.2) is 29.4 Å². The number of hydrogen-bond acceptors (Lipinski definition) is 3. The first-order valence-electron chi connectivity index (χ1n) is 7.64. The van der Waals surface area contributed by atoms with Crippen molar-refractivity contribution in [2.75, 3.05) is 19.6 Å². The molecule has 0 fully saturated rings. The van der Waals surface area contributed by atoms with E-state index in [9.17, 15) is 4.79 Å². The van der Waals surface area contributed by atoms with Crippen molar-refractivity contribution in [3.63, 3.8) is 0 Å². The van der Waals surface area contributed by atoms with E-state index >= 15 is 0 Å². The van der Waals surface area contributed by atoms with Crippen LogP contribution in [0.25, 0.3) is 0 Å². The monoisotopic (exact) mass is 433 g/mol. The van der Waals surface area contributed by atoms with E-state index in [-0.39, 0.29) is 35.3 Å². The van der Waals surface area contributed by atoms with Crippen LogP contribution in [0, 0.1) is 5.41 Å². The van der Waals surface area contributed by atoms with Crippen LogP contribution in [0.3, 0.4) is 0 Å². The van der Waals surface area contributed by atoms with Crippen molar-refractivity contribution >= 4 is 35.8 Å². The molecular weight excluding hydrogens is 405 g/mol. The van der Waals surface area contributed by atoms with Crippen LogP contribution in [0.5, 0.6) is 0 Å². The normalized spacial score (nSPS) is 11.4. The summed E-state index contributed by atoms with van der Waals surface area (Å²) in [7, 11) is 0. The van der Waals surface area contributed by atoms with Crippen LogP contribution in [-0.2, 0) is 11.3 Å². The van der Waals surface area contributed by atoms with E-state index in [1.165, 1.54) is 0 Å². The summed E-state index contributed by atoms with van der Waals surface area (Å²) < 4.78 is 0. The lowest BCUT2D eigenvalue weighted by atomic mass is 9.96. The lowest BCUT2D eigenvalue weighted by molar-refractivity contribution is -0.128. The lowest BCUT2D eigenvalue weighted by Crippen LogP contribution is -2.43. The number of rotatable bonds is 6. The van der Waals surface area contributed by atoms with Crippen molar-refractivity contribution in [2.45, 2.75) is 34.2 Å². The highest BCUT2D eigenvalue weighted by Crippen LogP contribution is 2.11. The van der Waals surface area contributed by atoms with Crippen LogP contribution >= 0.6 is 24.0 Å². The first kappa shape index (κ1) is 21.6. The largest absolute Gasteiger partial charge is 0.357 e. The summed E-state index contributed by atoms with van der Waals surface area (Å²) in [6.45, 7) is 10.2. The van der Waals surface area contributed by atoms with Gasteiger partial charge in [-0.25, -0.2) is 4.99 Å². The Bertz CT molecular complexity index is 485. The fourth-order valence-corrected chi connectivity index (χ4v) is 1.62. The van der Waals surface area contributed by atoms with Crippen molar-refractivity contribution < 1.29 is 4.79 Å². The van der Waals surface area contributed by atoms with Crippen molar-refractivity contribution in [3.05, 3.63) is 30.1 Å². The van der Waals surface area contributed by atoms with Crippen LogP contribution in [0.4, 0.5) is 0 Å². The molecule has 6 nitrogen and oxygen atoms in total. The summed E-state index contributed by atoms with van der Waals surface area (Å²) in [6.07, 6.45) is 1.76. The molecule has 0 saturated heterocycles. The zero-order valence-corrected chi connectivity index (χ0v) is 16.7. The van der Waals surface area contributed by atoms with Crippen LogP contribution in [0.2, 0.25) is 0 Å². The fraction of sp³-hybridized carbons (Fsp3) is 0.562. The van der Waals surface area contributed by atoms with Gasteiger partial charge in [-0.3, -0.25) is 9.78 Å². The van der Waals surface area contributed by atoms with Crippen LogP contribution in [0.1, 0.15) is 33.4 Å². The topological polar surface area (TPSA) is 78.4 Å². The number of pyridine rings is 1. The molecule has 0 aliphatic heterocycles. The van der Waals surface area contributed by atoms with Gasteiger partial charge in [-0.15, -0.1) is 24.0 Å². The van der Waals surface area contributed by atoms with Gasteiger partial charge in [0.05, 0.1) is 12.2 Å². The van der Waals surface area contributed by atoms with Gasteiger partial charge in [-0.1, -0.05) is 26.8 Å². The van der Waals surface area contributed by atoms with Gasteiger partial charge >= 0.3 is 0 Å². The Morgan fingerprint density at radius 2 is 1.87 bits per heavy atom. The van der Waals surface area contributed by atoms with E-state index in [2.05, 4.69) is 25.9 Å². The van der Waals surface area contributed by atoms with Gasteiger partial charge in [0.2, 0.25) is 5.91 Å². The number of hydrogen-bond donors (Lipinski definition) is 3. The average molecular weight is 433 g/mol. The third-order valence-electron chi connectivity index (χ3n) is 2.85. The number of carbonyl (C=O) groups excluding carboxylic acids is 1. The fourth-order valence-electron chi connectivity index (χ4n) is 1.62. The number of amides is 1. The van der Waals surface area contributed by atoms with Gasteiger partial charge in [-0.2, -0.15) is 0 Å². The third kappa shape index (κ3) is 9.37. The van der Waals surface area contributed by atoms with Gasteiger partial charge in [0.1, 0.15) is 0 Å². The van der Waals surface area contributed by atoms with Crippen molar-refractivity contribution in [1.29, 1.82) is 0 Å². The van der Waals surface area contributed by atoms with E-state index in [1.54, 1.807) is 6.20 Å². The standard InChI is InChI=1S/C16H27N5O.HI/c1-5-17-15(21-12-13-8-6-7-9-18-13)20-11-10-19-14(22)16(2,3)4;/h6-9H,5,10-12H2,1-4H3,(H,19,22)(H2,17,20,21);1H. The van der Waals surface area contributed by atoms with Gasteiger partial charge < -0.3 is 16.0 Å². The highest BCUT2D eigenvalue weighted by Gasteiger charge is 2.20. The maximum Gasteiger partial charge on any atom is 0.225 e. The number of guanidine groups is 1. The molecule has 0 aliphatic rings. The highest BCUT2D eigenvalue weighted by molar-refractivity contribution is 14.0. The third-order valence-corrected chi connectivity index (χ3v) is 2.85. The Morgan fingerprint density at radius 1 is 1.17 bits per heavy atom. The second-order valence-corrected chi connectivity index (χ2v) is 5.95. The molecule has 1 rings (SSSR count). The molecule has 130 valence electrons. The Kier molecular flexibility index (Phi) is 10.5. The second kappa shape index (κ2) is 11.2. The molecule has 1 aromatic heterocycles. The molecular formula is C16H28IN5O. The average Bonchev–Trinajstić information content (AvgIpc) is 2.48. The van der Waals surface area contributed by atoms with E-state index in [0.29, 0.717) is 19.6 Å². The Balaban J connectivity index is 0.00000484. The van der Waals surface area contributed by atoms with E-state index < -0.39 is 0 Å². The SMILES string of the molecule is CCNC(=NCc1ccccn1)NCCNC(=O)C(C)(C)C.I. The van der Waals surface area contributed by atoms with Crippen molar-refractivity contribution in [2.24, 2.45) is 10.4 Å². The summed E-state index contributed by atoms with van der Waals surface area (Å²) in [5.74, 6) is 0.767.